The largest absolute Gasteiger partial charge is 0.464 e. The number of ether oxygens (including phenoxy) is 1. The molecule has 0 aliphatic rings. The predicted molar refractivity (Wildman–Crippen MR) is 48.8 cm³/mol. The Labute approximate surface area is 77.0 Å². The lowest BCUT2D eigenvalue weighted by atomic mass is 10.2. The molecule has 0 saturated heterocycles. The molecule has 0 aliphatic carbocycles. The second-order valence-corrected chi connectivity index (χ2v) is 2.64. The zero-order valence-corrected chi connectivity index (χ0v) is 7.43. The van der Waals surface area contributed by atoms with Crippen molar-refractivity contribution < 1.29 is 14.6 Å². The summed E-state index contributed by atoms with van der Waals surface area (Å²) < 4.78 is 5.11. The fraction of sp³-hybridized carbons (Fsp3) is 0.300. The molecule has 0 aromatic heterocycles. The first kappa shape index (κ1) is 9.74. The van der Waals surface area contributed by atoms with E-state index in [1.807, 2.05) is 0 Å². The number of aliphatic hydroxyl groups excluding tert-OH is 1. The maximum absolute atomic E-state index is 10.5. The molecule has 0 spiro atoms. The molecule has 1 aromatic rings. The van der Waals surface area contributed by atoms with Crippen LogP contribution < -0.4 is 4.74 Å². The van der Waals surface area contributed by atoms with Gasteiger partial charge in [0.1, 0.15) is 5.75 Å². The van der Waals surface area contributed by atoms with Crippen LogP contribution in [-0.2, 0) is 0 Å². The van der Waals surface area contributed by atoms with Crippen LogP contribution in [0.2, 0.25) is 0 Å². The van der Waals surface area contributed by atoms with Crippen molar-refractivity contribution in [2.24, 2.45) is 0 Å². The van der Waals surface area contributed by atoms with Gasteiger partial charge in [0.05, 0.1) is 5.56 Å². The molecule has 0 bridgehead atoms. The monoisotopic (exact) mass is 180 g/mol. The number of carbonyl (C=O) groups excluding carboxylic acids is 1. The number of benzene rings is 1. The summed E-state index contributed by atoms with van der Waals surface area (Å²) in [5.74, 6) is 0.423. The van der Waals surface area contributed by atoms with Crippen molar-refractivity contribution in [1.82, 2.24) is 0 Å². The van der Waals surface area contributed by atoms with Crippen molar-refractivity contribution in [2.45, 2.75) is 19.6 Å². The Balaban J connectivity index is 2.80. The third-order valence-corrected chi connectivity index (χ3v) is 1.66. The van der Waals surface area contributed by atoms with Crippen LogP contribution in [0.5, 0.6) is 5.75 Å². The van der Waals surface area contributed by atoms with Gasteiger partial charge >= 0.3 is 0 Å². The van der Waals surface area contributed by atoms with Crippen LogP contribution in [0.3, 0.4) is 0 Å². The first-order chi connectivity index (χ1) is 6.27. The maximum Gasteiger partial charge on any atom is 0.197 e. The second kappa shape index (κ2) is 4.62. The average Bonchev–Trinajstić information content (AvgIpc) is 2.18. The van der Waals surface area contributed by atoms with Gasteiger partial charge in [0.25, 0.3) is 0 Å². The van der Waals surface area contributed by atoms with Gasteiger partial charge in [0.2, 0.25) is 0 Å². The molecule has 3 heteroatoms. The van der Waals surface area contributed by atoms with E-state index >= 15 is 0 Å². The minimum absolute atomic E-state index is 0.423. The summed E-state index contributed by atoms with van der Waals surface area (Å²) in [6.07, 6.45) is 0.353. The molecule has 1 aromatic carbocycles. The number of carbonyl (C=O) groups is 1. The molecule has 0 heterocycles. The van der Waals surface area contributed by atoms with Gasteiger partial charge in [-0.25, -0.2) is 0 Å². The van der Waals surface area contributed by atoms with Crippen molar-refractivity contribution in [1.29, 1.82) is 0 Å². The van der Waals surface area contributed by atoms with Crippen LogP contribution in [0.4, 0.5) is 0 Å². The molecule has 13 heavy (non-hydrogen) atoms. The molecule has 0 saturated carbocycles. The van der Waals surface area contributed by atoms with Crippen LogP contribution in [0.15, 0.2) is 24.3 Å². The molecule has 0 aliphatic heterocycles. The standard InChI is InChI=1S/C10H12O3/c1-2-10(12)13-9-6-4-3-5-8(9)7-11/h3-7,10,12H,2H2,1H3. The highest BCUT2D eigenvalue weighted by Crippen LogP contribution is 2.17. The van der Waals surface area contributed by atoms with Gasteiger partial charge < -0.3 is 9.84 Å². The van der Waals surface area contributed by atoms with Crippen molar-refractivity contribution in [3.63, 3.8) is 0 Å². The molecule has 0 radical (unpaired) electrons. The lowest BCUT2D eigenvalue weighted by Gasteiger charge is -2.12. The molecular weight excluding hydrogens is 168 g/mol. The number of hydrogen-bond donors (Lipinski definition) is 1. The Kier molecular flexibility index (Phi) is 3.46. The van der Waals surface area contributed by atoms with E-state index in [1.165, 1.54) is 0 Å². The topological polar surface area (TPSA) is 46.5 Å². The molecule has 1 unspecified atom stereocenters. The molecule has 1 rings (SSSR count). The average molecular weight is 180 g/mol. The summed E-state index contributed by atoms with van der Waals surface area (Å²) in [5.41, 5.74) is 0.454. The van der Waals surface area contributed by atoms with E-state index in [1.54, 1.807) is 31.2 Å². The highest BCUT2D eigenvalue weighted by Gasteiger charge is 2.05. The van der Waals surface area contributed by atoms with Gasteiger partial charge in [-0.3, -0.25) is 4.79 Å². The van der Waals surface area contributed by atoms with Crippen LogP contribution in [0.1, 0.15) is 23.7 Å². The molecule has 0 amide bonds. The fourth-order valence-electron chi connectivity index (χ4n) is 0.915. The molecule has 3 nitrogen and oxygen atoms in total. The minimum atomic E-state index is -0.846. The lowest BCUT2D eigenvalue weighted by Crippen LogP contribution is -2.14. The third kappa shape index (κ3) is 2.56. The Morgan fingerprint density at radius 2 is 2.23 bits per heavy atom. The number of aliphatic hydroxyl groups is 1. The quantitative estimate of drug-likeness (QED) is 0.565. The van der Waals surface area contributed by atoms with E-state index < -0.39 is 6.29 Å². The summed E-state index contributed by atoms with van der Waals surface area (Å²) in [7, 11) is 0. The summed E-state index contributed by atoms with van der Waals surface area (Å²) in [5, 5.41) is 9.19. The zero-order chi connectivity index (χ0) is 9.68. The number of aldehydes is 1. The van der Waals surface area contributed by atoms with E-state index in [0.717, 1.165) is 0 Å². The summed E-state index contributed by atoms with van der Waals surface area (Å²) in [4.78, 5) is 10.5. The van der Waals surface area contributed by atoms with Crippen LogP contribution >= 0.6 is 0 Å². The van der Waals surface area contributed by atoms with E-state index in [2.05, 4.69) is 0 Å². The van der Waals surface area contributed by atoms with Gasteiger partial charge in [-0.1, -0.05) is 19.1 Å². The first-order valence-electron chi connectivity index (χ1n) is 4.17. The molecular formula is C10H12O3. The minimum Gasteiger partial charge on any atom is -0.464 e. The predicted octanol–water partition coefficient (Wildman–Crippen LogP) is 1.61. The van der Waals surface area contributed by atoms with Crippen molar-refractivity contribution >= 4 is 6.29 Å². The maximum atomic E-state index is 10.5. The SMILES string of the molecule is CCC(O)Oc1ccccc1C=O. The van der Waals surface area contributed by atoms with Gasteiger partial charge in [0, 0.05) is 6.42 Å². The van der Waals surface area contributed by atoms with Gasteiger partial charge in [0.15, 0.2) is 12.6 Å². The summed E-state index contributed by atoms with van der Waals surface area (Å²) in [6.45, 7) is 1.80. The van der Waals surface area contributed by atoms with Gasteiger partial charge in [-0.15, -0.1) is 0 Å². The first-order valence-corrected chi connectivity index (χ1v) is 4.17. The highest BCUT2D eigenvalue weighted by molar-refractivity contribution is 5.79. The summed E-state index contributed by atoms with van der Waals surface area (Å²) >= 11 is 0. The van der Waals surface area contributed by atoms with E-state index in [9.17, 15) is 9.90 Å². The van der Waals surface area contributed by atoms with E-state index in [-0.39, 0.29) is 0 Å². The van der Waals surface area contributed by atoms with Gasteiger partial charge in [-0.2, -0.15) is 0 Å². The lowest BCUT2D eigenvalue weighted by molar-refractivity contribution is -0.0194. The number of rotatable bonds is 4. The Morgan fingerprint density at radius 1 is 1.54 bits per heavy atom. The van der Waals surface area contributed by atoms with E-state index in [0.29, 0.717) is 24.0 Å². The molecule has 1 atom stereocenters. The second-order valence-electron chi connectivity index (χ2n) is 2.64. The Morgan fingerprint density at radius 3 is 2.85 bits per heavy atom. The molecule has 70 valence electrons. The Bertz CT molecular complexity index is 283. The molecule has 1 N–H and O–H groups in total. The smallest absolute Gasteiger partial charge is 0.197 e. The van der Waals surface area contributed by atoms with Crippen molar-refractivity contribution in [3.8, 4) is 5.75 Å². The number of hydrogen-bond acceptors (Lipinski definition) is 3. The van der Waals surface area contributed by atoms with Crippen molar-refractivity contribution in [3.05, 3.63) is 29.8 Å². The zero-order valence-electron chi connectivity index (χ0n) is 7.43. The van der Waals surface area contributed by atoms with Crippen LogP contribution in [0, 0.1) is 0 Å². The molecule has 0 fully saturated rings. The highest BCUT2D eigenvalue weighted by atomic mass is 16.6. The van der Waals surface area contributed by atoms with Crippen LogP contribution in [-0.4, -0.2) is 17.7 Å². The van der Waals surface area contributed by atoms with Crippen LogP contribution in [0.25, 0.3) is 0 Å². The fourth-order valence-corrected chi connectivity index (χ4v) is 0.915. The van der Waals surface area contributed by atoms with Gasteiger partial charge in [-0.05, 0) is 12.1 Å². The van der Waals surface area contributed by atoms with Crippen molar-refractivity contribution in [2.75, 3.05) is 0 Å². The third-order valence-electron chi connectivity index (χ3n) is 1.66. The Hall–Kier alpha value is -1.35. The number of para-hydroxylation sites is 1. The summed E-state index contributed by atoms with van der Waals surface area (Å²) in [6, 6.07) is 6.80. The van der Waals surface area contributed by atoms with E-state index in [4.69, 9.17) is 4.74 Å². The normalized spacial score (nSPS) is 12.2.